The Balaban J connectivity index is 4.87. The molecule has 0 aliphatic carbocycles. The number of nitrogens with one attached hydrogen (secondary N) is 1. The SMILES string of the molecule is C=C(C)/C(=N/C=C(\N)Cl)C(=C)NC(=O)OC. The van der Waals surface area contributed by atoms with Crippen LogP contribution in [-0.2, 0) is 4.74 Å². The fourth-order valence-electron chi connectivity index (χ4n) is 0.805. The maximum Gasteiger partial charge on any atom is 0.411 e. The Hall–Kier alpha value is -1.75. The summed E-state index contributed by atoms with van der Waals surface area (Å²) in [4.78, 5) is 14.9. The summed E-state index contributed by atoms with van der Waals surface area (Å²) in [6.45, 7) is 9.03. The van der Waals surface area contributed by atoms with Gasteiger partial charge >= 0.3 is 6.09 Å². The first-order chi connectivity index (χ1) is 7.38. The number of hydrogen-bond donors (Lipinski definition) is 2. The zero-order valence-electron chi connectivity index (χ0n) is 9.21. The van der Waals surface area contributed by atoms with Crippen LogP contribution in [-0.4, -0.2) is 18.9 Å². The van der Waals surface area contributed by atoms with E-state index in [0.717, 1.165) is 0 Å². The topological polar surface area (TPSA) is 76.7 Å². The number of alkyl carbamates (subject to hydrolysis) is 1. The molecule has 0 aromatic carbocycles. The zero-order chi connectivity index (χ0) is 12.7. The molecule has 0 radical (unpaired) electrons. The van der Waals surface area contributed by atoms with Crippen LogP contribution in [0.25, 0.3) is 0 Å². The molecule has 0 saturated heterocycles. The van der Waals surface area contributed by atoms with Crippen molar-refractivity contribution >= 4 is 23.4 Å². The van der Waals surface area contributed by atoms with Crippen molar-refractivity contribution in [3.8, 4) is 0 Å². The largest absolute Gasteiger partial charge is 0.453 e. The van der Waals surface area contributed by atoms with Crippen molar-refractivity contribution in [1.82, 2.24) is 5.32 Å². The van der Waals surface area contributed by atoms with E-state index in [1.807, 2.05) is 0 Å². The Kier molecular flexibility index (Phi) is 5.95. The summed E-state index contributed by atoms with van der Waals surface area (Å²) in [5, 5.41) is 2.39. The van der Waals surface area contributed by atoms with E-state index in [4.69, 9.17) is 17.3 Å². The van der Waals surface area contributed by atoms with E-state index in [2.05, 4.69) is 28.2 Å². The molecule has 0 fully saturated rings. The van der Waals surface area contributed by atoms with Crippen LogP contribution in [0.4, 0.5) is 4.79 Å². The van der Waals surface area contributed by atoms with Gasteiger partial charge in [0.2, 0.25) is 0 Å². The van der Waals surface area contributed by atoms with Crippen LogP contribution in [0.1, 0.15) is 6.92 Å². The molecule has 0 saturated carbocycles. The molecule has 0 aromatic rings. The first-order valence-corrected chi connectivity index (χ1v) is 4.65. The third kappa shape index (κ3) is 5.21. The zero-order valence-corrected chi connectivity index (χ0v) is 9.97. The average molecular weight is 244 g/mol. The van der Waals surface area contributed by atoms with Crippen molar-refractivity contribution in [2.45, 2.75) is 6.92 Å². The lowest BCUT2D eigenvalue weighted by Gasteiger charge is -2.09. The van der Waals surface area contributed by atoms with Crippen LogP contribution < -0.4 is 11.1 Å². The lowest BCUT2D eigenvalue weighted by Crippen LogP contribution is -2.26. The maximum absolute atomic E-state index is 10.9. The van der Waals surface area contributed by atoms with Gasteiger partial charge < -0.3 is 10.5 Å². The summed E-state index contributed by atoms with van der Waals surface area (Å²) in [5.74, 6) is 0. The van der Waals surface area contributed by atoms with Crippen LogP contribution in [0.2, 0.25) is 0 Å². The summed E-state index contributed by atoms with van der Waals surface area (Å²) < 4.78 is 4.41. The average Bonchev–Trinajstić information content (AvgIpc) is 2.16. The molecule has 1 amide bonds. The number of aliphatic imine (C=N–C) groups is 1. The normalized spacial score (nSPS) is 11.9. The highest BCUT2D eigenvalue weighted by Gasteiger charge is 2.08. The van der Waals surface area contributed by atoms with Gasteiger partial charge in [-0.1, -0.05) is 24.8 Å². The van der Waals surface area contributed by atoms with Gasteiger partial charge in [0.15, 0.2) is 0 Å². The number of methoxy groups -OCH3 is 1. The van der Waals surface area contributed by atoms with Gasteiger partial charge in [0.1, 0.15) is 5.16 Å². The molecule has 88 valence electrons. The summed E-state index contributed by atoms with van der Waals surface area (Å²) in [6, 6.07) is 0. The van der Waals surface area contributed by atoms with Crippen LogP contribution in [0, 0.1) is 0 Å². The molecule has 0 heterocycles. The number of amides is 1. The van der Waals surface area contributed by atoms with Crippen molar-refractivity contribution < 1.29 is 9.53 Å². The molecule has 0 aromatic heterocycles. The Morgan fingerprint density at radius 2 is 2.12 bits per heavy atom. The second kappa shape index (κ2) is 6.68. The number of carbonyl (C=O) groups excluding carboxylic acids is 1. The van der Waals surface area contributed by atoms with Crippen molar-refractivity contribution in [3.05, 3.63) is 35.8 Å². The minimum Gasteiger partial charge on any atom is -0.453 e. The molecule has 0 bridgehead atoms. The van der Waals surface area contributed by atoms with Gasteiger partial charge in [0.05, 0.1) is 24.7 Å². The molecule has 0 spiro atoms. The molecule has 0 aliphatic rings. The van der Waals surface area contributed by atoms with E-state index in [1.165, 1.54) is 13.3 Å². The van der Waals surface area contributed by atoms with Crippen molar-refractivity contribution in [2.75, 3.05) is 7.11 Å². The highest BCUT2D eigenvalue weighted by Crippen LogP contribution is 2.04. The number of nitrogens with two attached hydrogens (primary N) is 1. The summed E-state index contributed by atoms with van der Waals surface area (Å²) in [7, 11) is 1.25. The number of hydrogen-bond acceptors (Lipinski definition) is 4. The van der Waals surface area contributed by atoms with E-state index in [9.17, 15) is 4.79 Å². The molecule has 0 unspecified atom stereocenters. The van der Waals surface area contributed by atoms with E-state index in [-0.39, 0.29) is 10.9 Å². The minimum atomic E-state index is -0.637. The van der Waals surface area contributed by atoms with E-state index < -0.39 is 6.09 Å². The fraction of sp³-hybridized carbons (Fsp3) is 0.200. The molecule has 0 rings (SSSR count). The van der Waals surface area contributed by atoms with Crippen molar-refractivity contribution in [1.29, 1.82) is 0 Å². The number of ether oxygens (including phenoxy) is 1. The van der Waals surface area contributed by atoms with Gasteiger partial charge in [-0.15, -0.1) is 0 Å². The highest BCUT2D eigenvalue weighted by atomic mass is 35.5. The van der Waals surface area contributed by atoms with Crippen molar-refractivity contribution in [3.63, 3.8) is 0 Å². The van der Waals surface area contributed by atoms with Gasteiger partial charge in [-0.2, -0.15) is 0 Å². The molecule has 0 atom stereocenters. The molecule has 5 nitrogen and oxygen atoms in total. The lowest BCUT2D eigenvalue weighted by molar-refractivity contribution is 0.174. The van der Waals surface area contributed by atoms with Gasteiger partial charge in [-0.3, -0.25) is 10.3 Å². The van der Waals surface area contributed by atoms with Crippen LogP contribution in [0.3, 0.4) is 0 Å². The minimum absolute atomic E-state index is 0.0182. The maximum atomic E-state index is 10.9. The lowest BCUT2D eigenvalue weighted by atomic mass is 10.1. The molecular weight excluding hydrogens is 230 g/mol. The summed E-state index contributed by atoms with van der Waals surface area (Å²) in [6.07, 6.45) is 0.595. The van der Waals surface area contributed by atoms with Crippen LogP contribution >= 0.6 is 11.6 Å². The highest BCUT2D eigenvalue weighted by molar-refractivity contribution is 6.29. The molecular formula is C10H14ClN3O2. The Morgan fingerprint density at radius 3 is 2.50 bits per heavy atom. The number of rotatable bonds is 4. The standard InChI is InChI=1S/C10H14ClN3O2/c1-6(2)9(13-5-8(11)12)7(3)14-10(15)16-4/h5H,1,3,12H2,2,4H3,(H,14,15)/b8-5-,13-9-. The van der Waals surface area contributed by atoms with Crippen LogP contribution in [0.15, 0.2) is 40.8 Å². The molecule has 16 heavy (non-hydrogen) atoms. The van der Waals surface area contributed by atoms with Crippen LogP contribution in [0.5, 0.6) is 0 Å². The predicted octanol–water partition coefficient (Wildman–Crippen LogP) is 1.87. The predicted molar refractivity (Wildman–Crippen MR) is 65.1 cm³/mol. The second-order valence-electron chi connectivity index (χ2n) is 2.87. The van der Waals surface area contributed by atoms with Gasteiger partial charge in [-0.25, -0.2) is 4.79 Å². The van der Waals surface area contributed by atoms with Gasteiger partial charge in [-0.05, 0) is 12.5 Å². The molecule has 6 heteroatoms. The van der Waals surface area contributed by atoms with Gasteiger partial charge in [0, 0.05) is 0 Å². The first-order valence-electron chi connectivity index (χ1n) is 4.27. The molecule has 0 aliphatic heterocycles. The third-order valence-electron chi connectivity index (χ3n) is 1.45. The quantitative estimate of drug-likeness (QED) is 0.585. The number of allylic oxidation sites excluding steroid dienone is 1. The Morgan fingerprint density at radius 1 is 1.56 bits per heavy atom. The summed E-state index contributed by atoms with van der Waals surface area (Å²) >= 11 is 5.42. The number of nitrogens with zero attached hydrogens (tertiary/aromatic N) is 1. The van der Waals surface area contributed by atoms with Crippen molar-refractivity contribution in [2.24, 2.45) is 10.7 Å². The first kappa shape index (κ1) is 14.2. The third-order valence-corrected chi connectivity index (χ3v) is 1.54. The van der Waals surface area contributed by atoms with Gasteiger partial charge in [0.25, 0.3) is 0 Å². The Bertz CT molecular complexity index is 368. The number of halogens is 1. The summed E-state index contributed by atoms with van der Waals surface area (Å²) in [5.41, 5.74) is 6.46. The second-order valence-corrected chi connectivity index (χ2v) is 3.30. The number of carbonyl (C=O) groups is 1. The van der Waals surface area contributed by atoms with E-state index >= 15 is 0 Å². The monoisotopic (exact) mass is 243 g/mol. The Labute approximate surface area is 99.3 Å². The van der Waals surface area contributed by atoms with E-state index in [1.54, 1.807) is 6.92 Å². The van der Waals surface area contributed by atoms with E-state index in [0.29, 0.717) is 11.3 Å². The fourth-order valence-corrected chi connectivity index (χ4v) is 0.854. The molecule has 3 N–H and O–H groups in total. The smallest absolute Gasteiger partial charge is 0.411 e.